The Kier molecular flexibility index (Phi) is 5.98. The number of nitrogens with one attached hydrogen (secondary N) is 1. The summed E-state index contributed by atoms with van der Waals surface area (Å²) in [7, 11) is 0. The van der Waals surface area contributed by atoms with Crippen LogP contribution in [0.2, 0.25) is 0 Å². The van der Waals surface area contributed by atoms with Crippen LogP contribution in [0.1, 0.15) is 23.8 Å². The highest BCUT2D eigenvalue weighted by Crippen LogP contribution is 2.20. The highest BCUT2D eigenvalue weighted by Gasteiger charge is 2.23. The van der Waals surface area contributed by atoms with Crippen molar-refractivity contribution in [2.24, 2.45) is 0 Å². The maximum Gasteiger partial charge on any atom is 0.220 e. The lowest BCUT2D eigenvalue weighted by atomic mass is 10.1. The molecule has 0 spiro atoms. The Morgan fingerprint density at radius 3 is 2.88 bits per heavy atom. The number of furan rings is 1. The molecule has 2 aromatic heterocycles. The van der Waals surface area contributed by atoms with Crippen molar-refractivity contribution in [2.45, 2.75) is 18.9 Å². The van der Waals surface area contributed by atoms with Gasteiger partial charge in [0.15, 0.2) is 0 Å². The van der Waals surface area contributed by atoms with Gasteiger partial charge in [0.2, 0.25) is 5.91 Å². The van der Waals surface area contributed by atoms with E-state index in [0.29, 0.717) is 19.4 Å². The number of pyridine rings is 1. The Balaban J connectivity index is 1.56. The van der Waals surface area contributed by atoms with Crippen LogP contribution in [0.3, 0.4) is 0 Å². The van der Waals surface area contributed by atoms with Crippen LogP contribution in [-0.2, 0) is 16.0 Å². The SMILES string of the molecule is O=C(CCc1ccco1)NCC(c1cccnc1)N1CCOCC1. The molecule has 3 heterocycles. The fourth-order valence-electron chi connectivity index (χ4n) is 2.91. The van der Waals surface area contributed by atoms with Gasteiger partial charge in [-0.2, -0.15) is 0 Å². The molecule has 0 aliphatic carbocycles. The molecule has 0 bridgehead atoms. The summed E-state index contributed by atoms with van der Waals surface area (Å²) in [6, 6.07) is 7.84. The van der Waals surface area contributed by atoms with Gasteiger partial charge in [0.05, 0.1) is 25.5 Å². The largest absolute Gasteiger partial charge is 0.469 e. The second kappa shape index (κ2) is 8.61. The van der Waals surface area contributed by atoms with Crippen molar-refractivity contribution < 1.29 is 13.9 Å². The number of aromatic nitrogens is 1. The first kappa shape index (κ1) is 16.7. The second-order valence-corrected chi connectivity index (χ2v) is 5.83. The third kappa shape index (κ3) is 4.66. The van der Waals surface area contributed by atoms with Crippen molar-refractivity contribution in [2.75, 3.05) is 32.8 Å². The van der Waals surface area contributed by atoms with Crippen LogP contribution in [-0.4, -0.2) is 48.6 Å². The van der Waals surface area contributed by atoms with Crippen LogP contribution in [0.25, 0.3) is 0 Å². The average molecular weight is 329 g/mol. The standard InChI is InChI=1S/C18H23N3O3/c22-18(6-5-16-4-2-10-24-16)20-14-17(15-3-1-7-19-13-15)21-8-11-23-12-9-21/h1-4,7,10,13,17H,5-6,8-9,11-12,14H2,(H,20,22). The minimum Gasteiger partial charge on any atom is -0.469 e. The summed E-state index contributed by atoms with van der Waals surface area (Å²) < 4.78 is 10.7. The van der Waals surface area contributed by atoms with Crippen LogP contribution in [0.5, 0.6) is 0 Å². The summed E-state index contributed by atoms with van der Waals surface area (Å²) >= 11 is 0. The zero-order valence-electron chi connectivity index (χ0n) is 13.7. The molecule has 0 aromatic carbocycles. The van der Waals surface area contributed by atoms with E-state index in [1.807, 2.05) is 24.4 Å². The molecule has 1 aliphatic heterocycles. The molecule has 128 valence electrons. The summed E-state index contributed by atoms with van der Waals surface area (Å²) in [5.74, 6) is 0.871. The van der Waals surface area contributed by atoms with Crippen molar-refractivity contribution in [3.63, 3.8) is 0 Å². The first-order valence-electron chi connectivity index (χ1n) is 8.34. The molecule has 1 atom stereocenters. The van der Waals surface area contributed by atoms with Gasteiger partial charge in [-0.15, -0.1) is 0 Å². The zero-order valence-corrected chi connectivity index (χ0v) is 13.7. The van der Waals surface area contributed by atoms with Crippen LogP contribution in [0.4, 0.5) is 0 Å². The molecule has 1 N–H and O–H groups in total. The van der Waals surface area contributed by atoms with Crippen molar-refractivity contribution in [1.29, 1.82) is 0 Å². The molecule has 3 rings (SSSR count). The number of hydrogen-bond donors (Lipinski definition) is 1. The first-order chi connectivity index (χ1) is 11.8. The van der Waals surface area contributed by atoms with Crippen molar-refractivity contribution >= 4 is 5.91 Å². The maximum atomic E-state index is 12.1. The van der Waals surface area contributed by atoms with Crippen molar-refractivity contribution in [1.82, 2.24) is 15.2 Å². The van der Waals surface area contributed by atoms with Crippen molar-refractivity contribution in [3.05, 3.63) is 54.2 Å². The molecule has 24 heavy (non-hydrogen) atoms. The molecule has 2 aromatic rings. The Labute approximate surface area is 141 Å². The number of aryl methyl sites for hydroxylation is 1. The summed E-state index contributed by atoms with van der Waals surface area (Å²) in [6.45, 7) is 3.75. The van der Waals surface area contributed by atoms with Gasteiger partial charge >= 0.3 is 0 Å². The minimum atomic E-state index is 0.0357. The number of morpholine rings is 1. The van der Waals surface area contributed by atoms with Crippen molar-refractivity contribution in [3.8, 4) is 0 Å². The molecule has 1 fully saturated rings. The number of ether oxygens (including phenoxy) is 1. The lowest BCUT2D eigenvalue weighted by molar-refractivity contribution is -0.121. The second-order valence-electron chi connectivity index (χ2n) is 5.83. The summed E-state index contributed by atoms with van der Waals surface area (Å²) in [6.07, 6.45) is 6.31. The molecule has 0 saturated carbocycles. The Hall–Kier alpha value is -2.18. The fraction of sp³-hybridized carbons (Fsp3) is 0.444. The average Bonchev–Trinajstić information content (AvgIpc) is 3.16. The quantitative estimate of drug-likeness (QED) is 0.839. The van der Waals surface area contributed by atoms with Gasteiger partial charge in [-0.25, -0.2) is 0 Å². The summed E-state index contributed by atoms with van der Waals surface area (Å²) in [5, 5.41) is 3.05. The lowest BCUT2D eigenvalue weighted by Gasteiger charge is -2.34. The van der Waals surface area contributed by atoms with Gasteiger partial charge in [0.1, 0.15) is 5.76 Å². The van der Waals surface area contributed by atoms with E-state index in [0.717, 1.165) is 37.6 Å². The van der Waals surface area contributed by atoms with Crippen LogP contribution in [0.15, 0.2) is 47.3 Å². The summed E-state index contributed by atoms with van der Waals surface area (Å²) in [4.78, 5) is 18.7. The van der Waals surface area contributed by atoms with E-state index in [1.165, 1.54) is 0 Å². The minimum absolute atomic E-state index is 0.0357. The van der Waals surface area contributed by atoms with Crippen LogP contribution in [0, 0.1) is 0 Å². The molecule has 6 heteroatoms. The van der Waals surface area contributed by atoms with Crippen LogP contribution >= 0.6 is 0 Å². The fourth-order valence-corrected chi connectivity index (χ4v) is 2.91. The lowest BCUT2D eigenvalue weighted by Crippen LogP contribution is -2.43. The number of nitrogens with zero attached hydrogens (tertiary/aromatic N) is 2. The van der Waals surface area contributed by atoms with E-state index in [-0.39, 0.29) is 11.9 Å². The predicted molar refractivity (Wildman–Crippen MR) is 89.4 cm³/mol. The molecular weight excluding hydrogens is 306 g/mol. The van der Waals surface area contributed by atoms with Gasteiger partial charge in [0, 0.05) is 44.9 Å². The molecule has 6 nitrogen and oxygen atoms in total. The van der Waals surface area contributed by atoms with Crippen LogP contribution < -0.4 is 5.32 Å². The van der Waals surface area contributed by atoms with E-state index in [1.54, 1.807) is 12.5 Å². The topological polar surface area (TPSA) is 67.6 Å². The number of hydrogen-bond acceptors (Lipinski definition) is 5. The Bertz CT molecular complexity index is 610. The van der Waals surface area contributed by atoms with Gasteiger partial charge in [-0.1, -0.05) is 6.07 Å². The normalized spacial score (nSPS) is 16.7. The molecular formula is C18H23N3O3. The highest BCUT2D eigenvalue weighted by atomic mass is 16.5. The van der Waals surface area contributed by atoms with E-state index in [9.17, 15) is 4.79 Å². The van der Waals surface area contributed by atoms with E-state index in [2.05, 4.69) is 21.3 Å². The molecule has 1 amide bonds. The Morgan fingerprint density at radius 1 is 1.29 bits per heavy atom. The number of carbonyl (C=O) groups is 1. The monoisotopic (exact) mass is 329 g/mol. The highest BCUT2D eigenvalue weighted by molar-refractivity contribution is 5.76. The Morgan fingerprint density at radius 2 is 2.17 bits per heavy atom. The summed E-state index contributed by atoms with van der Waals surface area (Å²) in [5.41, 5.74) is 1.12. The van der Waals surface area contributed by atoms with Gasteiger partial charge < -0.3 is 14.5 Å². The third-order valence-corrected chi connectivity index (χ3v) is 4.23. The molecule has 1 saturated heterocycles. The third-order valence-electron chi connectivity index (χ3n) is 4.23. The maximum absolute atomic E-state index is 12.1. The van der Waals surface area contributed by atoms with Gasteiger partial charge in [-0.05, 0) is 23.8 Å². The molecule has 0 radical (unpaired) electrons. The van der Waals surface area contributed by atoms with Gasteiger partial charge in [0.25, 0.3) is 0 Å². The number of rotatable bonds is 7. The van der Waals surface area contributed by atoms with E-state index >= 15 is 0 Å². The van der Waals surface area contributed by atoms with Gasteiger partial charge in [-0.3, -0.25) is 14.7 Å². The van der Waals surface area contributed by atoms with E-state index in [4.69, 9.17) is 9.15 Å². The van der Waals surface area contributed by atoms with E-state index < -0.39 is 0 Å². The smallest absolute Gasteiger partial charge is 0.220 e. The number of amides is 1. The molecule has 1 aliphatic rings. The number of carbonyl (C=O) groups excluding carboxylic acids is 1. The zero-order chi connectivity index (χ0) is 16.6. The molecule has 1 unspecified atom stereocenters. The predicted octanol–water partition coefficient (Wildman–Crippen LogP) is 1.80. The first-order valence-corrected chi connectivity index (χ1v) is 8.34.